The van der Waals surface area contributed by atoms with Gasteiger partial charge in [0.1, 0.15) is 0 Å². The lowest BCUT2D eigenvalue weighted by molar-refractivity contribution is 0.509. The summed E-state index contributed by atoms with van der Waals surface area (Å²) in [5.74, 6) is 0.804. The molecule has 6 nitrogen and oxygen atoms in total. The van der Waals surface area contributed by atoms with Gasteiger partial charge in [-0.1, -0.05) is 13.8 Å². The highest BCUT2D eigenvalue weighted by Gasteiger charge is 2.06. The molecule has 19 heavy (non-hydrogen) atoms. The molecule has 0 saturated carbocycles. The van der Waals surface area contributed by atoms with Crippen LogP contribution in [0.1, 0.15) is 19.4 Å². The van der Waals surface area contributed by atoms with Crippen LogP contribution in [0.4, 0.5) is 5.82 Å². The molecule has 0 atom stereocenters. The highest BCUT2D eigenvalue weighted by molar-refractivity contribution is 5.31. The summed E-state index contributed by atoms with van der Waals surface area (Å²) in [5, 5.41) is 7.14. The van der Waals surface area contributed by atoms with Gasteiger partial charge in [0.15, 0.2) is 5.82 Å². The molecule has 0 unspecified atom stereocenters. The first-order valence-corrected chi connectivity index (χ1v) is 6.33. The zero-order chi connectivity index (χ0) is 13.8. The molecular weight excluding hydrogens is 242 g/mol. The molecule has 1 N–H and O–H groups in total. The lowest BCUT2D eigenvalue weighted by atomic mass is 10.2. The van der Waals surface area contributed by atoms with Crippen LogP contribution in [0.3, 0.4) is 0 Å². The molecule has 0 saturated heterocycles. The minimum Gasteiger partial charge on any atom is -0.361 e. The van der Waals surface area contributed by atoms with Gasteiger partial charge in [-0.2, -0.15) is 5.10 Å². The maximum Gasteiger partial charge on any atom is 0.293 e. The largest absolute Gasteiger partial charge is 0.361 e. The van der Waals surface area contributed by atoms with Crippen molar-refractivity contribution in [1.82, 2.24) is 19.3 Å². The molecule has 0 bridgehead atoms. The van der Waals surface area contributed by atoms with Crippen LogP contribution in [0.5, 0.6) is 0 Å². The number of aryl methyl sites for hydroxylation is 1. The molecule has 0 spiro atoms. The summed E-state index contributed by atoms with van der Waals surface area (Å²) in [6.07, 6.45) is 7.04. The quantitative estimate of drug-likeness (QED) is 0.879. The number of anilines is 1. The third-order valence-corrected chi connectivity index (χ3v) is 2.69. The fourth-order valence-electron chi connectivity index (χ4n) is 1.85. The Morgan fingerprint density at radius 2 is 2.21 bits per heavy atom. The fraction of sp³-hybridized carbons (Fsp3) is 0.462. The maximum atomic E-state index is 12.1. The van der Waals surface area contributed by atoms with E-state index in [1.54, 1.807) is 27.8 Å². The Hall–Kier alpha value is -2.11. The van der Waals surface area contributed by atoms with E-state index in [-0.39, 0.29) is 5.56 Å². The predicted molar refractivity (Wildman–Crippen MR) is 73.9 cm³/mol. The molecule has 2 heterocycles. The van der Waals surface area contributed by atoms with Crippen molar-refractivity contribution in [2.45, 2.75) is 26.9 Å². The zero-order valence-electron chi connectivity index (χ0n) is 11.5. The summed E-state index contributed by atoms with van der Waals surface area (Å²) in [4.78, 5) is 16.2. The van der Waals surface area contributed by atoms with E-state index in [1.165, 1.54) is 0 Å². The minimum absolute atomic E-state index is 0.0832. The van der Waals surface area contributed by atoms with Gasteiger partial charge in [0, 0.05) is 44.3 Å². The molecule has 2 rings (SSSR count). The van der Waals surface area contributed by atoms with Crippen molar-refractivity contribution in [3.05, 3.63) is 40.7 Å². The Bertz CT molecular complexity index is 599. The maximum absolute atomic E-state index is 12.1. The van der Waals surface area contributed by atoms with Crippen LogP contribution in [0.25, 0.3) is 0 Å². The van der Waals surface area contributed by atoms with Gasteiger partial charge in [-0.3, -0.25) is 9.48 Å². The Labute approximate surface area is 112 Å². The summed E-state index contributed by atoms with van der Waals surface area (Å²) in [5.41, 5.74) is 0.933. The van der Waals surface area contributed by atoms with Crippen molar-refractivity contribution in [1.29, 1.82) is 0 Å². The van der Waals surface area contributed by atoms with E-state index in [1.807, 2.05) is 13.2 Å². The second-order valence-electron chi connectivity index (χ2n) is 5.00. The van der Waals surface area contributed by atoms with Crippen molar-refractivity contribution >= 4 is 5.82 Å². The van der Waals surface area contributed by atoms with E-state index in [4.69, 9.17) is 0 Å². The van der Waals surface area contributed by atoms with E-state index in [0.29, 0.717) is 24.8 Å². The van der Waals surface area contributed by atoms with E-state index in [0.717, 1.165) is 5.56 Å². The smallest absolute Gasteiger partial charge is 0.293 e. The van der Waals surface area contributed by atoms with Crippen molar-refractivity contribution in [3.8, 4) is 0 Å². The Morgan fingerprint density at radius 3 is 2.84 bits per heavy atom. The predicted octanol–water partition coefficient (Wildman–Crippen LogP) is 1.24. The van der Waals surface area contributed by atoms with Crippen molar-refractivity contribution in [2.24, 2.45) is 13.0 Å². The van der Waals surface area contributed by atoms with Gasteiger partial charge in [-0.05, 0) is 5.92 Å². The molecule has 6 heteroatoms. The normalized spacial score (nSPS) is 10.9. The molecule has 0 aliphatic heterocycles. The lowest BCUT2D eigenvalue weighted by Crippen LogP contribution is -2.25. The van der Waals surface area contributed by atoms with Crippen LogP contribution in [0.2, 0.25) is 0 Å². The number of aromatic nitrogens is 4. The van der Waals surface area contributed by atoms with Crippen LogP contribution in [0, 0.1) is 5.92 Å². The second kappa shape index (κ2) is 5.69. The molecule has 2 aromatic heterocycles. The third kappa shape index (κ3) is 3.43. The van der Waals surface area contributed by atoms with Crippen molar-refractivity contribution < 1.29 is 0 Å². The van der Waals surface area contributed by atoms with Gasteiger partial charge in [0.25, 0.3) is 5.56 Å². The van der Waals surface area contributed by atoms with Gasteiger partial charge >= 0.3 is 0 Å². The molecule has 102 valence electrons. The highest BCUT2D eigenvalue weighted by atomic mass is 16.1. The fourth-order valence-corrected chi connectivity index (χ4v) is 1.85. The molecular formula is C13H19N5O. The third-order valence-electron chi connectivity index (χ3n) is 2.69. The van der Waals surface area contributed by atoms with Gasteiger partial charge in [-0.25, -0.2) is 4.98 Å². The average molecular weight is 261 g/mol. The topological polar surface area (TPSA) is 64.7 Å². The summed E-state index contributed by atoms with van der Waals surface area (Å²) < 4.78 is 3.41. The van der Waals surface area contributed by atoms with E-state index < -0.39 is 0 Å². The molecule has 2 aromatic rings. The van der Waals surface area contributed by atoms with Gasteiger partial charge in [0.2, 0.25) is 0 Å². The molecule has 0 fully saturated rings. The van der Waals surface area contributed by atoms with E-state index in [9.17, 15) is 4.79 Å². The number of rotatable bonds is 5. The van der Waals surface area contributed by atoms with Crippen LogP contribution < -0.4 is 10.9 Å². The van der Waals surface area contributed by atoms with Crippen LogP contribution in [-0.2, 0) is 20.1 Å². The number of hydrogen-bond donors (Lipinski definition) is 1. The van der Waals surface area contributed by atoms with Crippen LogP contribution in [-0.4, -0.2) is 19.3 Å². The first-order chi connectivity index (χ1) is 9.06. The molecule has 0 aliphatic carbocycles. The summed E-state index contributed by atoms with van der Waals surface area (Å²) >= 11 is 0. The molecule has 0 amide bonds. The Balaban J connectivity index is 2.10. The Kier molecular flexibility index (Phi) is 3.99. The van der Waals surface area contributed by atoms with Crippen LogP contribution >= 0.6 is 0 Å². The SMILES string of the molecule is CC(C)Cn1ccnc(NCc2cnn(C)c2)c1=O. The van der Waals surface area contributed by atoms with E-state index >= 15 is 0 Å². The summed E-state index contributed by atoms with van der Waals surface area (Å²) in [7, 11) is 1.86. The molecule has 0 aromatic carbocycles. The second-order valence-corrected chi connectivity index (χ2v) is 5.00. The van der Waals surface area contributed by atoms with E-state index in [2.05, 4.69) is 29.2 Å². The van der Waals surface area contributed by atoms with Crippen LogP contribution in [0.15, 0.2) is 29.6 Å². The molecule has 0 radical (unpaired) electrons. The highest BCUT2D eigenvalue weighted by Crippen LogP contribution is 2.02. The number of hydrogen-bond acceptors (Lipinski definition) is 4. The zero-order valence-corrected chi connectivity index (χ0v) is 11.5. The number of nitrogens with zero attached hydrogens (tertiary/aromatic N) is 4. The first-order valence-electron chi connectivity index (χ1n) is 6.33. The average Bonchev–Trinajstić information content (AvgIpc) is 2.76. The summed E-state index contributed by atoms with van der Waals surface area (Å²) in [6, 6.07) is 0. The van der Waals surface area contributed by atoms with Crippen molar-refractivity contribution in [3.63, 3.8) is 0 Å². The first kappa shape index (κ1) is 13.3. The van der Waals surface area contributed by atoms with Crippen molar-refractivity contribution in [2.75, 3.05) is 5.32 Å². The Morgan fingerprint density at radius 1 is 1.42 bits per heavy atom. The number of nitrogens with one attached hydrogen (secondary N) is 1. The monoisotopic (exact) mass is 261 g/mol. The lowest BCUT2D eigenvalue weighted by Gasteiger charge is -2.10. The molecule has 0 aliphatic rings. The van der Waals surface area contributed by atoms with Gasteiger partial charge in [0.05, 0.1) is 6.20 Å². The van der Waals surface area contributed by atoms with Gasteiger partial charge in [-0.15, -0.1) is 0 Å². The standard InChI is InChI=1S/C13H19N5O/c1-10(2)8-18-5-4-14-12(13(18)19)15-6-11-7-16-17(3)9-11/h4-5,7,9-10H,6,8H2,1-3H3,(H,14,15). The minimum atomic E-state index is -0.0832. The van der Waals surface area contributed by atoms with Gasteiger partial charge < -0.3 is 9.88 Å². The summed E-state index contributed by atoms with van der Waals surface area (Å²) in [6.45, 7) is 5.40.